The molecule has 41 heavy (non-hydrogen) atoms. The Labute approximate surface area is 257 Å². The summed E-state index contributed by atoms with van der Waals surface area (Å²) >= 11 is 0. The number of aromatic nitrogens is 3. The van der Waals surface area contributed by atoms with Crippen LogP contribution in [0.15, 0.2) is 70.8 Å². The quantitative estimate of drug-likeness (QED) is 0.384. The minimum absolute atomic E-state index is 0. The van der Waals surface area contributed by atoms with E-state index in [1.54, 1.807) is 16.8 Å². The van der Waals surface area contributed by atoms with Crippen LogP contribution in [0.4, 0.5) is 11.6 Å². The summed E-state index contributed by atoms with van der Waals surface area (Å²) in [5.41, 5.74) is 13.2. The van der Waals surface area contributed by atoms with Gasteiger partial charge in [0.1, 0.15) is 11.9 Å². The van der Waals surface area contributed by atoms with Crippen molar-refractivity contribution < 1.29 is 4.79 Å². The van der Waals surface area contributed by atoms with Crippen LogP contribution in [0.1, 0.15) is 40.5 Å². The molecule has 0 unspecified atom stereocenters. The van der Waals surface area contributed by atoms with Gasteiger partial charge >= 0.3 is 0 Å². The molecule has 218 valence electrons. The molecule has 1 atom stereocenters. The lowest BCUT2D eigenvalue weighted by Gasteiger charge is -2.34. The van der Waals surface area contributed by atoms with Crippen molar-refractivity contribution in [1.82, 2.24) is 24.8 Å². The van der Waals surface area contributed by atoms with Crippen LogP contribution < -0.4 is 21.9 Å². The number of hydrogen-bond acceptors (Lipinski definition) is 7. The highest BCUT2D eigenvalue weighted by molar-refractivity contribution is 5.86. The number of carbonyl (C=O) groups excluding carboxylic acids is 1. The van der Waals surface area contributed by atoms with Crippen molar-refractivity contribution in [2.45, 2.75) is 45.2 Å². The second kappa shape index (κ2) is 13.4. The highest BCUT2D eigenvalue weighted by atomic mass is 35.5. The van der Waals surface area contributed by atoms with Crippen molar-refractivity contribution in [3.63, 3.8) is 0 Å². The zero-order chi connectivity index (χ0) is 26.2. The zero-order valence-corrected chi connectivity index (χ0v) is 25.1. The smallest absolute Gasteiger partial charge is 0.294 e. The Balaban J connectivity index is 0.00000154. The maximum Gasteiger partial charge on any atom is 0.294 e. The average molecular weight is 619 g/mol. The number of amides is 1. The van der Waals surface area contributed by atoms with Gasteiger partial charge in [-0.2, -0.15) is 0 Å². The third-order valence-electron chi connectivity index (χ3n) is 7.72. The molecule has 0 bridgehead atoms. The molecule has 12 heteroatoms. The van der Waals surface area contributed by atoms with E-state index in [2.05, 4.69) is 61.9 Å². The summed E-state index contributed by atoms with van der Waals surface area (Å²) in [6.07, 6.45) is 9.09. The van der Waals surface area contributed by atoms with Crippen molar-refractivity contribution in [2.24, 2.45) is 0 Å². The SMILES string of the molecule is Cc1nc(N)ccc1CNC(=O)[C@@H]1CCc2cnc(NCN3CC=CC4=C3Cc3ccccc3C4)c(=O)n21.Cl.Cl.Cl. The van der Waals surface area contributed by atoms with E-state index in [0.717, 1.165) is 36.3 Å². The van der Waals surface area contributed by atoms with Gasteiger partial charge in [0.15, 0.2) is 5.82 Å². The van der Waals surface area contributed by atoms with Crippen molar-refractivity contribution >= 4 is 54.8 Å². The predicted molar refractivity (Wildman–Crippen MR) is 168 cm³/mol. The maximum atomic E-state index is 13.5. The third kappa shape index (κ3) is 6.37. The van der Waals surface area contributed by atoms with E-state index < -0.39 is 6.04 Å². The number of nitrogens with one attached hydrogen (secondary N) is 2. The molecule has 1 aliphatic carbocycles. The zero-order valence-electron chi connectivity index (χ0n) is 22.6. The van der Waals surface area contributed by atoms with Gasteiger partial charge in [0.05, 0.1) is 6.67 Å². The molecule has 2 aromatic heterocycles. The largest absolute Gasteiger partial charge is 0.384 e. The van der Waals surface area contributed by atoms with E-state index in [0.29, 0.717) is 31.9 Å². The van der Waals surface area contributed by atoms with Gasteiger partial charge in [0.25, 0.3) is 5.56 Å². The Morgan fingerprint density at radius 3 is 2.61 bits per heavy atom. The summed E-state index contributed by atoms with van der Waals surface area (Å²) in [4.78, 5) is 37.5. The van der Waals surface area contributed by atoms with Gasteiger partial charge in [-0.3, -0.25) is 14.2 Å². The Morgan fingerprint density at radius 2 is 1.85 bits per heavy atom. The van der Waals surface area contributed by atoms with Gasteiger partial charge in [0.2, 0.25) is 5.91 Å². The van der Waals surface area contributed by atoms with Crippen molar-refractivity contribution in [3.8, 4) is 0 Å². The van der Waals surface area contributed by atoms with E-state index in [1.165, 1.54) is 22.4 Å². The van der Waals surface area contributed by atoms with Crippen LogP contribution in [0, 0.1) is 6.92 Å². The molecule has 0 saturated heterocycles. The molecule has 0 spiro atoms. The van der Waals surface area contributed by atoms with Crippen LogP contribution in [0.3, 0.4) is 0 Å². The molecular weight excluding hydrogens is 585 g/mol. The fraction of sp³-hybridized carbons (Fsp3) is 0.310. The Bertz CT molecular complexity index is 1550. The molecule has 0 saturated carbocycles. The second-order valence-corrected chi connectivity index (χ2v) is 10.1. The Morgan fingerprint density at radius 1 is 1.10 bits per heavy atom. The number of carbonyl (C=O) groups is 1. The number of rotatable bonds is 6. The fourth-order valence-electron chi connectivity index (χ4n) is 5.64. The van der Waals surface area contributed by atoms with Crippen molar-refractivity contribution in [3.05, 3.63) is 104 Å². The topological polar surface area (TPSA) is 118 Å². The van der Waals surface area contributed by atoms with Crippen LogP contribution in [0.5, 0.6) is 0 Å². The van der Waals surface area contributed by atoms with Crippen molar-refractivity contribution in [1.29, 1.82) is 0 Å². The normalized spacial score (nSPS) is 16.3. The summed E-state index contributed by atoms with van der Waals surface area (Å²) in [5.74, 6) is 0.527. The molecule has 3 aromatic rings. The summed E-state index contributed by atoms with van der Waals surface area (Å²) in [6, 6.07) is 11.6. The van der Waals surface area contributed by atoms with Crippen LogP contribution in [0.25, 0.3) is 0 Å². The van der Waals surface area contributed by atoms with Crippen LogP contribution in [-0.2, 0) is 30.6 Å². The van der Waals surface area contributed by atoms with E-state index in [4.69, 9.17) is 5.73 Å². The van der Waals surface area contributed by atoms with Gasteiger partial charge in [-0.1, -0.05) is 42.5 Å². The van der Waals surface area contributed by atoms with Gasteiger partial charge in [0, 0.05) is 42.8 Å². The number of nitrogens with two attached hydrogens (primary N) is 1. The molecule has 9 nitrogen and oxygen atoms in total. The summed E-state index contributed by atoms with van der Waals surface area (Å²) in [7, 11) is 0. The van der Waals surface area contributed by atoms with E-state index in [1.807, 2.05) is 13.0 Å². The number of allylic oxidation sites excluding steroid dienone is 3. The average Bonchev–Trinajstić information content (AvgIpc) is 3.36. The minimum atomic E-state index is -0.565. The first-order chi connectivity index (χ1) is 18.5. The molecule has 0 fully saturated rings. The lowest BCUT2D eigenvalue weighted by atomic mass is 9.87. The van der Waals surface area contributed by atoms with Crippen LogP contribution in [0.2, 0.25) is 0 Å². The van der Waals surface area contributed by atoms with Gasteiger partial charge in [-0.05, 0) is 54.5 Å². The molecular formula is C29H34Cl3N7O2. The Hall–Kier alpha value is -3.53. The number of fused-ring (bicyclic) bond motifs is 2. The third-order valence-corrected chi connectivity index (χ3v) is 7.72. The van der Waals surface area contributed by atoms with Gasteiger partial charge < -0.3 is 21.3 Å². The molecule has 4 N–H and O–H groups in total. The van der Waals surface area contributed by atoms with Crippen molar-refractivity contribution in [2.75, 3.05) is 24.3 Å². The number of hydrogen-bond donors (Lipinski definition) is 3. The minimum Gasteiger partial charge on any atom is -0.384 e. The number of anilines is 2. The van der Waals surface area contributed by atoms with Crippen LogP contribution >= 0.6 is 37.2 Å². The monoisotopic (exact) mass is 617 g/mol. The van der Waals surface area contributed by atoms with Crippen LogP contribution in [-0.4, -0.2) is 38.6 Å². The molecule has 2 aliphatic heterocycles. The first-order valence-corrected chi connectivity index (χ1v) is 13.0. The standard InChI is InChI=1S/C29H31N7O2.3ClH/c1-18-22(8-11-26(30)34-18)15-32-28(37)24-10-9-23-16-31-27(29(38)36(23)24)33-17-35-12-4-7-21-13-19-5-2-3-6-20(19)14-25(21)35;;;/h2-8,11,16,24H,9-10,12-15,17H2,1H3,(H2,30,34)(H,31,33)(H,32,37);3*1H/t24-;;;/m0.../s1. The number of benzene rings is 1. The van der Waals surface area contributed by atoms with E-state index >= 15 is 0 Å². The number of nitrogens with zero attached hydrogens (tertiary/aromatic N) is 4. The first-order valence-electron chi connectivity index (χ1n) is 13.0. The number of pyridine rings is 1. The molecule has 1 aromatic carbocycles. The summed E-state index contributed by atoms with van der Waals surface area (Å²) in [5, 5.41) is 6.23. The maximum absolute atomic E-state index is 13.5. The van der Waals surface area contributed by atoms with Gasteiger partial charge in [-0.25, -0.2) is 9.97 Å². The second-order valence-electron chi connectivity index (χ2n) is 10.1. The summed E-state index contributed by atoms with van der Waals surface area (Å²) in [6.45, 7) is 3.43. The highest BCUT2D eigenvalue weighted by Crippen LogP contribution is 2.31. The Kier molecular flexibility index (Phi) is 10.5. The summed E-state index contributed by atoms with van der Waals surface area (Å²) < 4.78 is 1.59. The molecule has 3 aliphatic rings. The number of aryl methyl sites for hydroxylation is 2. The van der Waals surface area contributed by atoms with E-state index in [-0.39, 0.29) is 54.5 Å². The number of nitrogen functional groups attached to an aromatic ring is 1. The lowest BCUT2D eigenvalue weighted by Crippen LogP contribution is -2.38. The fourth-order valence-corrected chi connectivity index (χ4v) is 5.64. The first kappa shape index (κ1) is 32.0. The van der Waals surface area contributed by atoms with E-state index in [9.17, 15) is 9.59 Å². The molecule has 6 rings (SSSR count). The number of halogens is 3. The highest BCUT2D eigenvalue weighted by Gasteiger charge is 2.31. The lowest BCUT2D eigenvalue weighted by molar-refractivity contribution is -0.124. The van der Waals surface area contributed by atoms with Gasteiger partial charge in [-0.15, -0.1) is 37.2 Å². The molecule has 1 amide bonds. The predicted octanol–water partition coefficient (Wildman–Crippen LogP) is 3.89. The molecule has 4 heterocycles. The molecule has 0 radical (unpaired) electrons.